The Morgan fingerprint density at radius 3 is 2.17 bits per heavy atom. The lowest BCUT2D eigenvalue weighted by atomic mass is 10.1. The van der Waals surface area contributed by atoms with E-state index in [1.54, 1.807) is 26.0 Å². The Morgan fingerprint density at radius 1 is 1.33 bits per heavy atom. The van der Waals surface area contributed by atoms with E-state index in [-0.39, 0.29) is 11.7 Å². The summed E-state index contributed by atoms with van der Waals surface area (Å²) in [7, 11) is 0. The zero-order valence-electron chi connectivity index (χ0n) is 7.11. The van der Waals surface area contributed by atoms with E-state index in [1.165, 1.54) is 12.2 Å². The monoisotopic (exact) mass is 162 g/mol. The zero-order chi connectivity index (χ0) is 9.56. The predicted octanol–water partition coefficient (Wildman–Crippen LogP) is 1.43. The van der Waals surface area contributed by atoms with E-state index in [4.69, 9.17) is 10.5 Å². The molecule has 0 saturated carbocycles. The van der Waals surface area contributed by atoms with Crippen LogP contribution in [0.25, 0.3) is 0 Å². The second-order valence-electron chi connectivity index (χ2n) is 2.65. The van der Waals surface area contributed by atoms with Gasteiger partial charge in [-0.05, 0) is 12.2 Å². The van der Waals surface area contributed by atoms with Crippen molar-refractivity contribution < 1.29 is 4.79 Å². The Balaban J connectivity index is 4.19. The van der Waals surface area contributed by atoms with Crippen molar-refractivity contribution in [3.8, 4) is 12.1 Å². The largest absolute Gasteiger partial charge is 0.295 e. The Labute approximate surface area is 71.9 Å². The van der Waals surface area contributed by atoms with Crippen LogP contribution in [0.4, 0.5) is 0 Å². The van der Waals surface area contributed by atoms with Crippen LogP contribution in [-0.4, -0.2) is 5.78 Å². The number of nitriles is 2. The van der Waals surface area contributed by atoms with Crippen LogP contribution in [0, 0.1) is 34.5 Å². The van der Waals surface area contributed by atoms with Gasteiger partial charge >= 0.3 is 0 Å². The molecular weight excluding hydrogens is 152 g/mol. The molecule has 0 atom stereocenters. The number of rotatable bonds is 3. The van der Waals surface area contributed by atoms with Crippen molar-refractivity contribution in [3.05, 3.63) is 12.2 Å². The van der Waals surface area contributed by atoms with Crippen LogP contribution in [0.1, 0.15) is 13.8 Å². The van der Waals surface area contributed by atoms with E-state index in [2.05, 4.69) is 0 Å². The van der Waals surface area contributed by atoms with E-state index in [9.17, 15) is 4.79 Å². The van der Waals surface area contributed by atoms with Crippen LogP contribution in [0.15, 0.2) is 12.2 Å². The van der Waals surface area contributed by atoms with Crippen molar-refractivity contribution >= 4 is 5.78 Å². The minimum absolute atomic E-state index is 0.0644. The van der Waals surface area contributed by atoms with Crippen molar-refractivity contribution in [3.63, 3.8) is 0 Å². The van der Waals surface area contributed by atoms with E-state index < -0.39 is 5.92 Å². The topological polar surface area (TPSA) is 64.7 Å². The number of hydrogen-bond donors (Lipinski definition) is 0. The highest BCUT2D eigenvalue weighted by Gasteiger charge is 2.04. The fourth-order valence-corrected chi connectivity index (χ4v) is 0.498. The van der Waals surface area contributed by atoms with Crippen LogP contribution >= 0.6 is 0 Å². The van der Waals surface area contributed by atoms with Gasteiger partial charge in [0, 0.05) is 5.92 Å². The third kappa shape index (κ3) is 3.53. The molecule has 0 aliphatic heterocycles. The van der Waals surface area contributed by atoms with Gasteiger partial charge in [0.15, 0.2) is 11.7 Å². The minimum Gasteiger partial charge on any atom is -0.295 e. The second-order valence-corrected chi connectivity index (χ2v) is 2.65. The summed E-state index contributed by atoms with van der Waals surface area (Å²) in [6, 6.07) is 3.49. The van der Waals surface area contributed by atoms with Gasteiger partial charge in [-0.1, -0.05) is 13.8 Å². The lowest BCUT2D eigenvalue weighted by Crippen LogP contribution is -2.02. The molecule has 0 heterocycles. The first kappa shape index (κ1) is 10.4. The van der Waals surface area contributed by atoms with Gasteiger partial charge in [0.1, 0.15) is 0 Å². The van der Waals surface area contributed by atoms with Crippen molar-refractivity contribution in [2.24, 2.45) is 11.8 Å². The van der Waals surface area contributed by atoms with Gasteiger partial charge in [0.05, 0.1) is 12.1 Å². The number of carbonyl (C=O) groups excluding carboxylic acids is 1. The van der Waals surface area contributed by atoms with E-state index in [1.807, 2.05) is 0 Å². The molecule has 0 radical (unpaired) electrons. The molecule has 62 valence electrons. The molecule has 0 amide bonds. The van der Waals surface area contributed by atoms with Gasteiger partial charge in [0.25, 0.3) is 0 Å². The summed E-state index contributed by atoms with van der Waals surface area (Å²) in [6.45, 7) is 3.53. The molecule has 0 bridgehead atoms. The van der Waals surface area contributed by atoms with E-state index >= 15 is 0 Å². The molecule has 3 heteroatoms. The Morgan fingerprint density at radius 2 is 1.83 bits per heavy atom. The smallest absolute Gasteiger partial charge is 0.157 e. The van der Waals surface area contributed by atoms with Gasteiger partial charge in [-0.2, -0.15) is 10.5 Å². The maximum Gasteiger partial charge on any atom is 0.157 e. The molecule has 0 fully saturated rings. The van der Waals surface area contributed by atoms with Crippen LogP contribution in [0.3, 0.4) is 0 Å². The Kier molecular flexibility index (Phi) is 4.41. The molecule has 0 aromatic rings. The lowest BCUT2D eigenvalue weighted by Gasteiger charge is -1.95. The molecule has 0 aromatic heterocycles. The summed E-state index contributed by atoms with van der Waals surface area (Å²) < 4.78 is 0. The van der Waals surface area contributed by atoms with Crippen LogP contribution < -0.4 is 0 Å². The average Bonchev–Trinajstić information content (AvgIpc) is 2.05. The first-order chi connectivity index (χ1) is 5.61. The molecule has 0 aromatic carbocycles. The third-order valence-electron chi connectivity index (χ3n) is 1.30. The van der Waals surface area contributed by atoms with Crippen LogP contribution in [0.2, 0.25) is 0 Å². The fourth-order valence-electron chi connectivity index (χ4n) is 0.498. The highest BCUT2D eigenvalue weighted by molar-refractivity contribution is 5.91. The van der Waals surface area contributed by atoms with Gasteiger partial charge < -0.3 is 0 Å². The predicted molar refractivity (Wildman–Crippen MR) is 43.7 cm³/mol. The summed E-state index contributed by atoms with van der Waals surface area (Å²) in [5.74, 6) is -0.961. The number of hydrogen-bond acceptors (Lipinski definition) is 3. The normalized spacial score (nSPS) is 10.2. The van der Waals surface area contributed by atoms with E-state index in [0.29, 0.717) is 0 Å². The minimum atomic E-state index is -0.812. The number of nitrogens with zero attached hydrogens (tertiary/aromatic N) is 2. The zero-order valence-corrected chi connectivity index (χ0v) is 7.11. The molecule has 12 heavy (non-hydrogen) atoms. The van der Waals surface area contributed by atoms with Gasteiger partial charge in [0.2, 0.25) is 0 Å². The third-order valence-corrected chi connectivity index (χ3v) is 1.30. The highest BCUT2D eigenvalue weighted by Crippen LogP contribution is 1.99. The summed E-state index contributed by atoms with van der Waals surface area (Å²) >= 11 is 0. The Hall–Kier alpha value is -1.61. The standard InChI is InChI=1S/C9H10N2O/c1-7(2)9(12)4-3-8(5-10)6-11/h3-4,7-8H,1-2H3/b4-3+. The molecule has 0 aliphatic carbocycles. The lowest BCUT2D eigenvalue weighted by molar-refractivity contribution is -0.117. The first-order valence-electron chi connectivity index (χ1n) is 3.63. The molecule has 0 saturated heterocycles. The average molecular weight is 162 g/mol. The second kappa shape index (κ2) is 5.09. The maximum absolute atomic E-state index is 11.0. The number of allylic oxidation sites excluding steroid dienone is 2. The van der Waals surface area contributed by atoms with Crippen molar-refractivity contribution in [2.45, 2.75) is 13.8 Å². The summed E-state index contributed by atoms with van der Waals surface area (Å²) in [5, 5.41) is 16.7. The molecular formula is C9H10N2O. The molecule has 0 unspecified atom stereocenters. The SMILES string of the molecule is CC(C)C(=O)/C=C/C(C#N)C#N. The number of ketones is 1. The summed E-state index contributed by atoms with van der Waals surface area (Å²) in [6.07, 6.45) is 2.62. The van der Waals surface area contributed by atoms with Crippen LogP contribution in [0.5, 0.6) is 0 Å². The first-order valence-corrected chi connectivity index (χ1v) is 3.63. The summed E-state index contributed by atoms with van der Waals surface area (Å²) in [5.41, 5.74) is 0. The maximum atomic E-state index is 11.0. The van der Waals surface area contributed by atoms with Crippen molar-refractivity contribution in [1.29, 1.82) is 10.5 Å². The molecule has 0 spiro atoms. The summed E-state index contributed by atoms with van der Waals surface area (Å²) in [4.78, 5) is 11.0. The van der Waals surface area contributed by atoms with Crippen molar-refractivity contribution in [2.75, 3.05) is 0 Å². The number of carbonyl (C=O) groups is 1. The molecule has 3 nitrogen and oxygen atoms in total. The van der Waals surface area contributed by atoms with Gasteiger partial charge in [-0.3, -0.25) is 4.79 Å². The van der Waals surface area contributed by atoms with Crippen LogP contribution in [-0.2, 0) is 4.79 Å². The quantitative estimate of drug-likeness (QED) is 0.589. The molecule has 0 aliphatic rings. The van der Waals surface area contributed by atoms with E-state index in [0.717, 1.165) is 0 Å². The van der Waals surface area contributed by atoms with Crippen molar-refractivity contribution in [1.82, 2.24) is 0 Å². The fraction of sp³-hybridized carbons (Fsp3) is 0.444. The highest BCUT2D eigenvalue weighted by atomic mass is 16.1. The van der Waals surface area contributed by atoms with Gasteiger partial charge in [-0.25, -0.2) is 0 Å². The molecule has 0 N–H and O–H groups in total. The molecule has 0 rings (SSSR count). The van der Waals surface area contributed by atoms with Gasteiger partial charge in [-0.15, -0.1) is 0 Å². The Bertz CT molecular complexity index is 251.